The van der Waals surface area contributed by atoms with Crippen LogP contribution in [-0.2, 0) is 28.9 Å². The van der Waals surface area contributed by atoms with E-state index in [9.17, 15) is 27.6 Å². The van der Waals surface area contributed by atoms with Gasteiger partial charge in [-0.1, -0.05) is 31.4 Å². The Balaban J connectivity index is 1.34. The van der Waals surface area contributed by atoms with E-state index < -0.39 is 17.8 Å². The van der Waals surface area contributed by atoms with Gasteiger partial charge in [-0.05, 0) is 61.6 Å². The standard InChI is InChI=1S/C31H34F3N5O3/c1-19-27(25(14-15-35-19)31(32,33)34)21-8-10-23(11-9-21)36-30(42)28(22-6-4-3-5-7-22)37-29(41)26-13-12-24-18-38(20(2)40)16-17-39(24)26/h8-15,22,28H,3-7,16-18H2,1-2H3,(H,36,42)(H,37,41). The molecule has 3 amide bonds. The van der Waals surface area contributed by atoms with Gasteiger partial charge in [-0.25, -0.2) is 0 Å². The van der Waals surface area contributed by atoms with E-state index in [4.69, 9.17) is 0 Å². The van der Waals surface area contributed by atoms with Crippen molar-refractivity contribution in [2.24, 2.45) is 5.92 Å². The van der Waals surface area contributed by atoms with Crippen LogP contribution < -0.4 is 10.6 Å². The number of benzene rings is 1. The van der Waals surface area contributed by atoms with Gasteiger partial charge in [-0.3, -0.25) is 19.4 Å². The lowest BCUT2D eigenvalue weighted by Crippen LogP contribution is -2.49. The van der Waals surface area contributed by atoms with Crippen LogP contribution in [-0.4, -0.2) is 44.8 Å². The maximum Gasteiger partial charge on any atom is 0.417 e. The van der Waals surface area contributed by atoms with E-state index in [1.807, 2.05) is 10.6 Å². The Labute approximate surface area is 242 Å². The molecule has 0 saturated heterocycles. The molecule has 222 valence electrons. The number of aryl methyl sites for hydroxylation is 1. The molecule has 1 unspecified atom stereocenters. The molecule has 1 saturated carbocycles. The largest absolute Gasteiger partial charge is 0.417 e. The number of hydrogen-bond donors (Lipinski definition) is 2. The fourth-order valence-electron chi connectivity index (χ4n) is 6.06. The second kappa shape index (κ2) is 12.0. The molecule has 8 nitrogen and oxygen atoms in total. The summed E-state index contributed by atoms with van der Waals surface area (Å²) in [4.78, 5) is 44.6. The van der Waals surface area contributed by atoms with Crippen molar-refractivity contribution in [3.8, 4) is 11.1 Å². The van der Waals surface area contributed by atoms with Gasteiger partial charge in [0.05, 0.1) is 12.1 Å². The lowest BCUT2D eigenvalue weighted by atomic mass is 9.83. The van der Waals surface area contributed by atoms with E-state index in [-0.39, 0.29) is 34.9 Å². The van der Waals surface area contributed by atoms with Gasteiger partial charge in [-0.15, -0.1) is 0 Å². The Bertz CT molecular complexity index is 1480. The van der Waals surface area contributed by atoms with Gasteiger partial charge in [0.15, 0.2) is 0 Å². The normalized spacial score (nSPS) is 16.5. The first-order valence-electron chi connectivity index (χ1n) is 14.2. The summed E-state index contributed by atoms with van der Waals surface area (Å²) in [5.41, 5.74) is 1.54. The molecule has 3 aromatic rings. The third-order valence-corrected chi connectivity index (χ3v) is 8.27. The molecule has 1 atom stereocenters. The molecule has 2 N–H and O–H groups in total. The number of fused-ring (bicyclic) bond motifs is 1. The van der Waals surface area contributed by atoms with Crippen LogP contribution in [0.1, 0.15) is 66.5 Å². The first-order chi connectivity index (χ1) is 20.0. The van der Waals surface area contributed by atoms with E-state index >= 15 is 0 Å². The van der Waals surface area contributed by atoms with Crippen LogP contribution in [0.5, 0.6) is 0 Å². The molecule has 5 rings (SSSR count). The van der Waals surface area contributed by atoms with E-state index in [1.54, 1.807) is 23.1 Å². The molecular weight excluding hydrogens is 547 g/mol. The number of amides is 3. The SMILES string of the molecule is CC(=O)N1CCn2c(ccc2C(=O)NC(C(=O)Nc2ccc(-c3c(C(F)(F)F)ccnc3C)cc2)C2CCCCC2)C1. The van der Waals surface area contributed by atoms with E-state index in [0.717, 1.165) is 50.1 Å². The molecule has 42 heavy (non-hydrogen) atoms. The summed E-state index contributed by atoms with van der Waals surface area (Å²) in [7, 11) is 0. The third kappa shape index (κ3) is 6.19. The van der Waals surface area contributed by atoms with Crippen molar-refractivity contribution in [1.82, 2.24) is 19.8 Å². The van der Waals surface area contributed by atoms with E-state index in [2.05, 4.69) is 15.6 Å². The minimum atomic E-state index is -4.53. The molecule has 1 aliphatic carbocycles. The summed E-state index contributed by atoms with van der Waals surface area (Å²) in [5, 5.41) is 5.84. The number of carbonyl (C=O) groups is 3. The quantitative estimate of drug-likeness (QED) is 0.399. The predicted molar refractivity (Wildman–Crippen MR) is 151 cm³/mol. The van der Waals surface area contributed by atoms with Crippen LogP contribution in [0.15, 0.2) is 48.7 Å². The number of carbonyl (C=O) groups excluding carboxylic acids is 3. The number of nitrogens with zero attached hydrogens (tertiary/aromatic N) is 3. The first kappa shape index (κ1) is 29.3. The lowest BCUT2D eigenvalue weighted by Gasteiger charge is -2.31. The van der Waals surface area contributed by atoms with Crippen molar-refractivity contribution in [3.63, 3.8) is 0 Å². The second-order valence-corrected chi connectivity index (χ2v) is 11.0. The molecule has 1 fully saturated rings. The minimum Gasteiger partial charge on any atom is -0.339 e. The lowest BCUT2D eigenvalue weighted by molar-refractivity contribution is -0.137. The van der Waals surface area contributed by atoms with Gasteiger partial charge in [0, 0.05) is 48.8 Å². The number of halogens is 3. The highest BCUT2D eigenvalue weighted by Crippen LogP contribution is 2.38. The highest BCUT2D eigenvalue weighted by Gasteiger charge is 2.35. The van der Waals surface area contributed by atoms with E-state index in [0.29, 0.717) is 36.6 Å². The highest BCUT2D eigenvalue weighted by atomic mass is 19.4. The highest BCUT2D eigenvalue weighted by molar-refractivity contribution is 6.01. The Morgan fingerprint density at radius 1 is 0.976 bits per heavy atom. The summed E-state index contributed by atoms with van der Waals surface area (Å²) in [5.74, 6) is -0.791. The fraction of sp³-hybridized carbons (Fsp3) is 0.419. The Morgan fingerprint density at radius 2 is 1.69 bits per heavy atom. The molecule has 0 spiro atoms. The van der Waals surface area contributed by atoms with Crippen molar-refractivity contribution >= 4 is 23.4 Å². The summed E-state index contributed by atoms with van der Waals surface area (Å²) >= 11 is 0. The average Bonchev–Trinajstić information content (AvgIpc) is 3.40. The zero-order valence-corrected chi connectivity index (χ0v) is 23.6. The molecule has 0 bridgehead atoms. The number of hydrogen-bond acceptors (Lipinski definition) is 4. The van der Waals surface area contributed by atoms with Crippen LogP contribution in [0.3, 0.4) is 0 Å². The molecule has 0 radical (unpaired) electrons. The van der Waals surface area contributed by atoms with Gasteiger partial charge in [0.1, 0.15) is 11.7 Å². The van der Waals surface area contributed by atoms with Crippen LogP contribution in [0.2, 0.25) is 0 Å². The average molecular weight is 582 g/mol. The predicted octanol–water partition coefficient (Wildman–Crippen LogP) is 5.56. The van der Waals surface area contributed by atoms with Crippen LogP contribution in [0, 0.1) is 12.8 Å². The van der Waals surface area contributed by atoms with Crippen molar-refractivity contribution in [2.75, 3.05) is 11.9 Å². The van der Waals surface area contributed by atoms with Gasteiger partial charge in [-0.2, -0.15) is 13.2 Å². The summed E-state index contributed by atoms with van der Waals surface area (Å²) in [6.07, 6.45) is 1.22. The number of rotatable bonds is 6. The van der Waals surface area contributed by atoms with Crippen LogP contribution in [0.4, 0.5) is 18.9 Å². The Morgan fingerprint density at radius 3 is 2.36 bits per heavy atom. The third-order valence-electron chi connectivity index (χ3n) is 8.27. The molecular formula is C31H34F3N5O3. The van der Waals surface area contributed by atoms with Gasteiger partial charge in [0.2, 0.25) is 11.8 Å². The molecule has 1 aliphatic heterocycles. The van der Waals surface area contributed by atoms with Crippen LogP contribution in [0.25, 0.3) is 11.1 Å². The Kier molecular flexibility index (Phi) is 8.38. The first-order valence-corrected chi connectivity index (χ1v) is 14.2. The number of anilines is 1. The van der Waals surface area contributed by atoms with Crippen molar-refractivity contribution < 1.29 is 27.6 Å². The zero-order valence-electron chi connectivity index (χ0n) is 23.6. The van der Waals surface area contributed by atoms with Gasteiger partial charge >= 0.3 is 6.18 Å². The monoisotopic (exact) mass is 581 g/mol. The van der Waals surface area contributed by atoms with Crippen molar-refractivity contribution in [3.05, 3.63) is 71.3 Å². The summed E-state index contributed by atoms with van der Waals surface area (Å²) in [6.45, 7) is 4.47. The number of pyridine rings is 1. The number of nitrogens with one attached hydrogen (secondary N) is 2. The van der Waals surface area contributed by atoms with Gasteiger partial charge in [0.25, 0.3) is 5.91 Å². The molecule has 3 heterocycles. The van der Waals surface area contributed by atoms with E-state index in [1.165, 1.54) is 26.0 Å². The molecule has 2 aliphatic rings. The smallest absolute Gasteiger partial charge is 0.339 e. The van der Waals surface area contributed by atoms with Crippen molar-refractivity contribution in [2.45, 2.75) is 71.3 Å². The summed E-state index contributed by atoms with van der Waals surface area (Å²) < 4.78 is 42.8. The van der Waals surface area contributed by atoms with Crippen LogP contribution >= 0.6 is 0 Å². The molecule has 11 heteroatoms. The second-order valence-electron chi connectivity index (χ2n) is 11.0. The minimum absolute atomic E-state index is 0.00262. The number of alkyl halides is 3. The maximum absolute atomic E-state index is 13.6. The topological polar surface area (TPSA) is 96.3 Å². The fourth-order valence-corrected chi connectivity index (χ4v) is 6.06. The zero-order chi connectivity index (χ0) is 30.0. The molecule has 2 aromatic heterocycles. The summed E-state index contributed by atoms with van der Waals surface area (Å²) in [6, 6.07) is 9.90. The van der Waals surface area contributed by atoms with Crippen molar-refractivity contribution in [1.29, 1.82) is 0 Å². The maximum atomic E-state index is 13.6. The number of aromatic nitrogens is 2. The Hall–Kier alpha value is -4.15. The molecule has 1 aromatic carbocycles. The van der Waals surface area contributed by atoms with Gasteiger partial charge < -0.3 is 20.1 Å².